The van der Waals surface area contributed by atoms with E-state index in [2.05, 4.69) is 5.32 Å². The van der Waals surface area contributed by atoms with E-state index in [1.807, 2.05) is 36.4 Å². The van der Waals surface area contributed by atoms with Gasteiger partial charge in [-0.05, 0) is 29.8 Å². The smallest absolute Gasteiger partial charge is 0.227 e. The highest BCUT2D eigenvalue weighted by atomic mass is 35.5. The third kappa shape index (κ3) is 3.94. The quantitative estimate of drug-likeness (QED) is 0.893. The molecule has 0 aromatic heterocycles. The third-order valence-electron chi connectivity index (χ3n) is 4.24. The zero-order valence-corrected chi connectivity index (χ0v) is 14.6. The van der Waals surface area contributed by atoms with E-state index in [9.17, 15) is 9.59 Å². The van der Waals surface area contributed by atoms with Crippen molar-refractivity contribution in [1.82, 2.24) is 5.32 Å². The standard InChI is InChI=1S/C19H19ClN2O3/c1-25-15-6-4-5-13(9-15)11-21-19(24)14-10-18(23)22(12-14)17-8-3-2-7-16(17)20/h2-9,14H,10-12H2,1H3,(H,21,24)/t14-/m0/s1. The van der Waals surface area contributed by atoms with E-state index in [-0.39, 0.29) is 24.2 Å². The van der Waals surface area contributed by atoms with E-state index in [1.165, 1.54) is 0 Å². The van der Waals surface area contributed by atoms with Crippen molar-refractivity contribution in [2.45, 2.75) is 13.0 Å². The topological polar surface area (TPSA) is 58.6 Å². The predicted molar refractivity (Wildman–Crippen MR) is 96.8 cm³/mol. The number of hydrogen-bond donors (Lipinski definition) is 1. The molecule has 1 atom stereocenters. The summed E-state index contributed by atoms with van der Waals surface area (Å²) in [5, 5.41) is 3.40. The number of halogens is 1. The van der Waals surface area contributed by atoms with E-state index in [4.69, 9.17) is 16.3 Å². The predicted octanol–water partition coefficient (Wildman–Crippen LogP) is 3.02. The van der Waals surface area contributed by atoms with Crippen molar-refractivity contribution in [3.05, 3.63) is 59.1 Å². The molecule has 0 saturated carbocycles. The lowest BCUT2D eigenvalue weighted by Gasteiger charge is -2.18. The Hall–Kier alpha value is -2.53. The minimum absolute atomic E-state index is 0.0883. The first-order valence-electron chi connectivity index (χ1n) is 8.04. The Morgan fingerprint density at radius 1 is 1.28 bits per heavy atom. The van der Waals surface area contributed by atoms with Crippen molar-refractivity contribution in [2.75, 3.05) is 18.6 Å². The van der Waals surface area contributed by atoms with Crippen LogP contribution in [0, 0.1) is 5.92 Å². The van der Waals surface area contributed by atoms with Crippen LogP contribution in [0.15, 0.2) is 48.5 Å². The van der Waals surface area contributed by atoms with E-state index < -0.39 is 0 Å². The highest BCUT2D eigenvalue weighted by Gasteiger charge is 2.35. The fourth-order valence-corrected chi connectivity index (χ4v) is 3.14. The number of carbonyl (C=O) groups excluding carboxylic acids is 2. The number of methoxy groups -OCH3 is 1. The number of ether oxygens (including phenoxy) is 1. The molecular weight excluding hydrogens is 340 g/mol. The van der Waals surface area contributed by atoms with Crippen LogP contribution in [0.3, 0.4) is 0 Å². The molecule has 3 rings (SSSR count). The molecule has 0 aliphatic carbocycles. The SMILES string of the molecule is COc1cccc(CNC(=O)[C@H]2CC(=O)N(c3ccccc3Cl)C2)c1. The number of hydrogen-bond acceptors (Lipinski definition) is 3. The number of anilines is 1. The van der Waals surface area contributed by atoms with Gasteiger partial charge in [0.05, 0.1) is 23.7 Å². The Morgan fingerprint density at radius 2 is 2.08 bits per heavy atom. The zero-order valence-electron chi connectivity index (χ0n) is 13.9. The average Bonchev–Trinajstić information content (AvgIpc) is 3.02. The van der Waals surface area contributed by atoms with Gasteiger partial charge in [0.2, 0.25) is 11.8 Å². The molecule has 0 bridgehead atoms. The lowest BCUT2D eigenvalue weighted by atomic mass is 10.1. The van der Waals surface area contributed by atoms with Crippen molar-refractivity contribution in [3.63, 3.8) is 0 Å². The van der Waals surface area contributed by atoms with E-state index in [0.717, 1.165) is 11.3 Å². The van der Waals surface area contributed by atoms with Crippen molar-refractivity contribution < 1.29 is 14.3 Å². The van der Waals surface area contributed by atoms with Gasteiger partial charge in [0, 0.05) is 19.5 Å². The van der Waals surface area contributed by atoms with Gasteiger partial charge in [-0.2, -0.15) is 0 Å². The van der Waals surface area contributed by atoms with Crippen molar-refractivity contribution in [1.29, 1.82) is 0 Å². The zero-order chi connectivity index (χ0) is 17.8. The van der Waals surface area contributed by atoms with Gasteiger partial charge in [0.1, 0.15) is 5.75 Å². The fraction of sp³-hybridized carbons (Fsp3) is 0.263. The van der Waals surface area contributed by atoms with Gasteiger partial charge in [0.15, 0.2) is 0 Å². The molecule has 1 fully saturated rings. The Morgan fingerprint density at radius 3 is 2.84 bits per heavy atom. The molecule has 2 aromatic rings. The van der Waals surface area contributed by atoms with Gasteiger partial charge in [-0.3, -0.25) is 9.59 Å². The van der Waals surface area contributed by atoms with Crippen LogP contribution < -0.4 is 15.0 Å². The molecule has 0 spiro atoms. The first-order chi connectivity index (χ1) is 12.1. The minimum Gasteiger partial charge on any atom is -0.497 e. The number of carbonyl (C=O) groups is 2. The van der Waals surface area contributed by atoms with Crippen LogP contribution in [0.1, 0.15) is 12.0 Å². The van der Waals surface area contributed by atoms with Crippen LogP contribution in [0.4, 0.5) is 5.69 Å². The summed E-state index contributed by atoms with van der Waals surface area (Å²) in [7, 11) is 1.60. The molecule has 1 heterocycles. The van der Waals surface area contributed by atoms with Gasteiger partial charge in [0.25, 0.3) is 0 Å². The summed E-state index contributed by atoms with van der Waals surface area (Å²) in [6, 6.07) is 14.7. The maximum absolute atomic E-state index is 12.4. The summed E-state index contributed by atoms with van der Waals surface area (Å²) in [6.45, 7) is 0.735. The summed E-state index contributed by atoms with van der Waals surface area (Å²) >= 11 is 6.16. The number of nitrogens with one attached hydrogen (secondary N) is 1. The molecule has 2 amide bonds. The van der Waals surface area contributed by atoms with Gasteiger partial charge < -0.3 is 15.0 Å². The Balaban J connectivity index is 1.62. The Bertz CT molecular complexity index is 794. The first-order valence-corrected chi connectivity index (χ1v) is 8.42. The molecular formula is C19H19ClN2O3. The molecule has 2 aromatic carbocycles. The molecule has 5 nitrogen and oxygen atoms in total. The van der Waals surface area contributed by atoms with Crippen LogP contribution in [-0.2, 0) is 16.1 Å². The molecule has 0 unspecified atom stereocenters. The van der Waals surface area contributed by atoms with Crippen LogP contribution in [0.25, 0.3) is 0 Å². The molecule has 1 saturated heterocycles. The maximum atomic E-state index is 12.4. The largest absolute Gasteiger partial charge is 0.497 e. The van der Waals surface area contributed by atoms with E-state index in [0.29, 0.717) is 23.8 Å². The second kappa shape index (κ2) is 7.57. The molecule has 6 heteroatoms. The molecule has 25 heavy (non-hydrogen) atoms. The van der Waals surface area contributed by atoms with Gasteiger partial charge in [-0.15, -0.1) is 0 Å². The maximum Gasteiger partial charge on any atom is 0.227 e. The summed E-state index contributed by atoms with van der Waals surface area (Å²) in [6.07, 6.45) is 0.190. The number of para-hydroxylation sites is 1. The number of rotatable bonds is 5. The molecule has 130 valence electrons. The summed E-state index contributed by atoms with van der Waals surface area (Å²) in [5.74, 6) is 0.141. The summed E-state index contributed by atoms with van der Waals surface area (Å²) in [5.41, 5.74) is 1.59. The fourth-order valence-electron chi connectivity index (χ4n) is 2.90. The highest BCUT2D eigenvalue weighted by Crippen LogP contribution is 2.31. The normalized spacial score (nSPS) is 16.8. The minimum atomic E-state index is -0.380. The van der Waals surface area contributed by atoms with E-state index in [1.54, 1.807) is 24.1 Å². The number of amides is 2. The molecule has 0 radical (unpaired) electrons. The number of nitrogens with zero attached hydrogens (tertiary/aromatic N) is 1. The second-order valence-electron chi connectivity index (χ2n) is 5.93. The monoisotopic (exact) mass is 358 g/mol. The van der Waals surface area contributed by atoms with E-state index >= 15 is 0 Å². The summed E-state index contributed by atoms with van der Waals surface area (Å²) in [4.78, 5) is 26.3. The molecule has 1 N–H and O–H groups in total. The van der Waals surface area contributed by atoms with Gasteiger partial charge in [-0.1, -0.05) is 35.9 Å². The number of benzene rings is 2. The molecule has 1 aliphatic heterocycles. The van der Waals surface area contributed by atoms with Gasteiger partial charge in [-0.25, -0.2) is 0 Å². The van der Waals surface area contributed by atoms with Crippen LogP contribution in [-0.4, -0.2) is 25.5 Å². The molecule has 1 aliphatic rings. The second-order valence-corrected chi connectivity index (χ2v) is 6.33. The lowest BCUT2D eigenvalue weighted by Crippen LogP contribution is -2.32. The van der Waals surface area contributed by atoms with Crippen LogP contribution >= 0.6 is 11.6 Å². The average molecular weight is 359 g/mol. The lowest BCUT2D eigenvalue weighted by molar-refractivity contribution is -0.126. The Kier molecular flexibility index (Phi) is 5.24. The van der Waals surface area contributed by atoms with Crippen LogP contribution in [0.5, 0.6) is 5.75 Å². The Labute approximate surface area is 151 Å². The van der Waals surface area contributed by atoms with Gasteiger partial charge >= 0.3 is 0 Å². The first kappa shape index (κ1) is 17.3. The van der Waals surface area contributed by atoms with Crippen molar-refractivity contribution >= 4 is 29.1 Å². The third-order valence-corrected chi connectivity index (χ3v) is 4.56. The van der Waals surface area contributed by atoms with Crippen molar-refractivity contribution in [2.24, 2.45) is 5.92 Å². The van der Waals surface area contributed by atoms with Crippen LogP contribution in [0.2, 0.25) is 5.02 Å². The summed E-state index contributed by atoms with van der Waals surface area (Å²) < 4.78 is 5.17. The van der Waals surface area contributed by atoms with Crippen molar-refractivity contribution in [3.8, 4) is 5.75 Å². The highest BCUT2D eigenvalue weighted by molar-refractivity contribution is 6.33.